The molecule has 4 rings (SSSR count). The van der Waals surface area contributed by atoms with E-state index in [1.54, 1.807) is 6.07 Å². The summed E-state index contributed by atoms with van der Waals surface area (Å²) in [6.45, 7) is 2.49. The highest BCUT2D eigenvalue weighted by Gasteiger charge is 2.24. The Morgan fingerprint density at radius 3 is 3.08 bits per heavy atom. The molecule has 8 nitrogen and oxygen atoms in total. The maximum absolute atomic E-state index is 12.5. The fourth-order valence-corrected chi connectivity index (χ4v) is 3.30. The SMILES string of the molecule is NCc1nc(CN2CCCC(NC(=O)c3cc4ccccc4o3)C2)no1. The van der Waals surface area contributed by atoms with Crippen LogP contribution < -0.4 is 11.1 Å². The highest BCUT2D eigenvalue weighted by atomic mass is 16.5. The monoisotopic (exact) mass is 355 g/mol. The number of carbonyl (C=O) groups is 1. The fourth-order valence-electron chi connectivity index (χ4n) is 3.30. The van der Waals surface area contributed by atoms with Gasteiger partial charge in [-0.1, -0.05) is 23.4 Å². The van der Waals surface area contributed by atoms with Gasteiger partial charge in [0.25, 0.3) is 5.91 Å². The van der Waals surface area contributed by atoms with Crippen LogP contribution in [0.15, 0.2) is 39.3 Å². The molecular formula is C18H21N5O3. The largest absolute Gasteiger partial charge is 0.451 e. The van der Waals surface area contributed by atoms with E-state index in [-0.39, 0.29) is 18.5 Å². The summed E-state index contributed by atoms with van der Waals surface area (Å²) in [5.41, 5.74) is 6.21. The third-order valence-electron chi connectivity index (χ3n) is 4.54. The van der Waals surface area contributed by atoms with Crippen molar-refractivity contribution in [2.24, 2.45) is 5.73 Å². The third-order valence-corrected chi connectivity index (χ3v) is 4.54. The van der Waals surface area contributed by atoms with Crippen LogP contribution in [0.1, 0.15) is 35.1 Å². The summed E-state index contributed by atoms with van der Waals surface area (Å²) in [7, 11) is 0. The Morgan fingerprint density at radius 1 is 1.38 bits per heavy atom. The normalized spacial score (nSPS) is 18.3. The molecule has 0 radical (unpaired) electrons. The van der Waals surface area contributed by atoms with Crippen molar-refractivity contribution in [3.05, 3.63) is 47.8 Å². The fraction of sp³-hybridized carbons (Fsp3) is 0.389. The van der Waals surface area contributed by atoms with E-state index in [4.69, 9.17) is 14.7 Å². The molecule has 1 aromatic carbocycles. The molecule has 1 atom stereocenters. The Balaban J connectivity index is 1.37. The average molecular weight is 355 g/mol. The molecule has 1 unspecified atom stereocenters. The Bertz CT molecular complexity index is 870. The molecule has 3 heterocycles. The van der Waals surface area contributed by atoms with Gasteiger partial charge in [0.05, 0.1) is 13.1 Å². The number of carbonyl (C=O) groups excluding carboxylic acids is 1. The van der Waals surface area contributed by atoms with Crippen LogP contribution in [0.3, 0.4) is 0 Å². The zero-order valence-electron chi connectivity index (χ0n) is 14.4. The van der Waals surface area contributed by atoms with E-state index in [9.17, 15) is 4.79 Å². The average Bonchev–Trinajstić information content (AvgIpc) is 3.28. The number of amides is 1. The number of aromatic nitrogens is 2. The second-order valence-corrected chi connectivity index (χ2v) is 6.50. The van der Waals surface area contributed by atoms with Gasteiger partial charge in [-0.2, -0.15) is 4.98 Å². The minimum absolute atomic E-state index is 0.0605. The van der Waals surface area contributed by atoms with E-state index < -0.39 is 0 Å². The lowest BCUT2D eigenvalue weighted by molar-refractivity contribution is 0.0873. The number of furan rings is 1. The van der Waals surface area contributed by atoms with Gasteiger partial charge in [0.15, 0.2) is 11.6 Å². The number of nitrogens with two attached hydrogens (primary N) is 1. The summed E-state index contributed by atoms with van der Waals surface area (Å²) in [5, 5.41) is 7.93. The standard InChI is InChI=1S/C18H21N5O3/c19-9-17-21-16(22-26-17)11-23-7-3-5-13(10-23)20-18(24)15-8-12-4-1-2-6-14(12)25-15/h1-2,4,6,8,13H,3,5,7,9-11,19H2,(H,20,24). The van der Waals surface area contributed by atoms with Crippen molar-refractivity contribution >= 4 is 16.9 Å². The van der Waals surface area contributed by atoms with Gasteiger partial charge >= 0.3 is 0 Å². The summed E-state index contributed by atoms with van der Waals surface area (Å²) in [5.74, 6) is 1.22. The molecule has 0 spiro atoms. The van der Waals surface area contributed by atoms with Crippen LogP contribution in [0.2, 0.25) is 0 Å². The Hall–Kier alpha value is -2.71. The topological polar surface area (TPSA) is 110 Å². The number of nitrogens with one attached hydrogen (secondary N) is 1. The van der Waals surface area contributed by atoms with Gasteiger partial charge in [-0.05, 0) is 31.5 Å². The number of benzene rings is 1. The van der Waals surface area contributed by atoms with Crippen LogP contribution in [0, 0.1) is 0 Å². The van der Waals surface area contributed by atoms with Gasteiger partial charge in [-0.15, -0.1) is 0 Å². The van der Waals surface area contributed by atoms with Crippen molar-refractivity contribution < 1.29 is 13.7 Å². The number of para-hydroxylation sites is 1. The predicted molar refractivity (Wildman–Crippen MR) is 94.2 cm³/mol. The van der Waals surface area contributed by atoms with Crippen molar-refractivity contribution in [3.63, 3.8) is 0 Å². The zero-order valence-corrected chi connectivity index (χ0v) is 14.4. The van der Waals surface area contributed by atoms with Crippen LogP contribution >= 0.6 is 0 Å². The Morgan fingerprint density at radius 2 is 2.27 bits per heavy atom. The number of piperidine rings is 1. The van der Waals surface area contributed by atoms with Crippen molar-refractivity contribution in [1.29, 1.82) is 0 Å². The van der Waals surface area contributed by atoms with Crippen molar-refractivity contribution in [2.45, 2.75) is 32.0 Å². The summed E-state index contributed by atoms with van der Waals surface area (Å²) in [6, 6.07) is 9.43. The van der Waals surface area contributed by atoms with E-state index in [1.165, 1.54) is 0 Å². The van der Waals surface area contributed by atoms with Gasteiger partial charge in [0.1, 0.15) is 5.58 Å². The minimum Gasteiger partial charge on any atom is -0.451 e. The lowest BCUT2D eigenvalue weighted by Crippen LogP contribution is -2.47. The molecule has 1 amide bonds. The van der Waals surface area contributed by atoms with E-state index in [0.717, 1.165) is 36.9 Å². The van der Waals surface area contributed by atoms with Gasteiger partial charge in [-0.3, -0.25) is 9.69 Å². The summed E-state index contributed by atoms with van der Waals surface area (Å²) in [4.78, 5) is 19.0. The molecule has 1 saturated heterocycles. The molecule has 8 heteroatoms. The molecule has 1 fully saturated rings. The number of hydrogen-bond acceptors (Lipinski definition) is 7. The highest BCUT2D eigenvalue weighted by molar-refractivity contribution is 5.96. The molecule has 0 saturated carbocycles. The van der Waals surface area contributed by atoms with Gasteiger partial charge in [-0.25, -0.2) is 0 Å². The van der Waals surface area contributed by atoms with Crippen molar-refractivity contribution in [3.8, 4) is 0 Å². The summed E-state index contributed by atoms with van der Waals surface area (Å²) in [6.07, 6.45) is 1.93. The van der Waals surface area contributed by atoms with Crippen molar-refractivity contribution in [1.82, 2.24) is 20.4 Å². The van der Waals surface area contributed by atoms with E-state index in [0.29, 0.717) is 24.0 Å². The molecule has 1 aliphatic rings. The third kappa shape index (κ3) is 3.61. The zero-order chi connectivity index (χ0) is 17.9. The summed E-state index contributed by atoms with van der Waals surface area (Å²) < 4.78 is 10.7. The van der Waals surface area contributed by atoms with Crippen LogP contribution in [0.5, 0.6) is 0 Å². The first-order valence-electron chi connectivity index (χ1n) is 8.74. The first-order chi connectivity index (χ1) is 12.7. The minimum atomic E-state index is -0.182. The lowest BCUT2D eigenvalue weighted by atomic mass is 10.1. The number of fused-ring (bicyclic) bond motifs is 1. The molecule has 2 aromatic heterocycles. The van der Waals surface area contributed by atoms with E-state index in [1.807, 2.05) is 24.3 Å². The quantitative estimate of drug-likeness (QED) is 0.716. The van der Waals surface area contributed by atoms with Crippen LogP contribution in [0.4, 0.5) is 0 Å². The molecule has 26 heavy (non-hydrogen) atoms. The van der Waals surface area contributed by atoms with Gasteiger partial charge < -0.3 is 20.0 Å². The first kappa shape index (κ1) is 16.7. The summed E-state index contributed by atoms with van der Waals surface area (Å²) >= 11 is 0. The molecule has 3 N–H and O–H groups in total. The second-order valence-electron chi connectivity index (χ2n) is 6.50. The number of nitrogens with zero attached hydrogens (tertiary/aromatic N) is 3. The molecular weight excluding hydrogens is 334 g/mol. The highest BCUT2D eigenvalue weighted by Crippen LogP contribution is 2.19. The smallest absolute Gasteiger partial charge is 0.287 e. The number of rotatable bonds is 5. The van der Waals surface area contributed by atoms with E-state index in [2.05, 4.69) is 20.4 Å². The van der Waals surface area contributed by atoms with Crippen LogP contribution in [-0.4, -0.2) is 40.1 Å². The Kier molecular flexibility index (Phi) is 4.68. The van der Waals surface area contributed by atoms with Gasteiger partial charge in [0, 0.05) is 18.0 Å². The molecule has 1 aliphatic heterocycles. The number of hydrogen-bond donors (Lipinski definition) is 2. The van der Waals surface area contributed by atoms with Gasteiger partial charge in [0.2, 0.25) is 5.89 Å². The van der Waals surface area contributed by atoms with Crippen molar-refractivity contribution in [2.75, 3.05) is 13.1 Å². The number of likely N-dealkylation sites (tertiary alicyclic amines) is 1. The predicted octanol–water partition coefficient (Wildman–Crippen LogP) is 1.67. The molecule has 0 aliphatic carbocycles. The maximum atomic E-state index is 12.5. The molecule has 136 valence electrons. The van der Waals surface area contributed by atoms with Crippen LogP contribution in [-0.2, 0) is 13.1 Å². The first-order valence-corrected chi connectivity index (χ1v) is 8.74. The second kappa shape index (κ2) is 7.27. The lowest BCUT2D eigenvalue weighted by Gasteiger charge is -2.32. The molecule has 3 aromatic rings. The van der Waals surface area contributed by atoms with Crippen LogP contribution in [0.25, 0.3) is 11.0 Å². The maximum Gasteiger partial charge on any atom is 0.287 e. The molecule has 0 bridgehead atoms. The Labute approximate surface area is 150 Å². The van der Waals surface area contributed by atoms with E-state index >= 15 is 0 Å².